The lowest BCUT2D eigenvalue weighted by molar-refractivity contribution is -0.126. The predicted molar refractivity (Wildman–Crippen MR) is 104 cm³/mol. The lowest BCUT2D eigenvalue weighted by Crippen LogP contribution is -2.38. The molecular formula is C22H26N2O2. The topological polar surface area (TPSA) is 49.4 Å². The number of rotatable bonds is 6. The van der Waals surface area contributed by atoms with Gasteiger partial charge in [0.25, 0.3) is 0 Å². The average molecular weight is 350 g/mol. The van der Waals surface area contributed by atoms with E-state index in [1.807, 2.05) is 56.3 Å². The molecule has 0 radical (unpaired) electrons. The molecule has 1 aliphatic heterocycles. The van der Waals surface area contributed by atoms with Crippen molar-refractivity contribution < 1.29 is 9.59 Å². The van der Waals surface area contributed by atoms with Crippen LogP contribution >= 0.6 is 0 Å². The monoisotopic (exact) mass is 350 g/mol. The molecule has 0 spiro atoms. The number of aryl methyl sites for hydroxylation is 2. The highest BCUT2D eigenvalue weighted by atomic mass is 16.2. The van der Waals surface area contributed by atoms with Crippen LogP contribution in [0.5, 0.6) is 0 Å². The van der Waals surface area contributed by atoms with Crippen molar-refractivity contribution in [3.63, 3.8) is 0 Å². The molecule has 0 aliphatic carbocycles. The standard InChI is InChI=1S/C22H26N2O2/c1-16-8-12-20(13-9-16)24-15-19(14-21(24)25)22(26)23-17(2)10-11-18-6-4-3-5-7-18/h3-9,12-13,17,19H,10-11,14-15H2,1-2H3,(H,23,26)/t17-,19+/m1/s1. The third kappa shape index (κ3) is 4.51. The summed E-state index contributed by atoms with van der Waals surface area (Å²) in [5.74, 6) is -0.276. The Kier molecular flexibility index (Phi) is 5.71. The van der Waals surface area contributed by atoms with Gasteiger partial charge in [0.15, 0.2) is 0 Å². The van der Waals surface area contributed by atoms with Crippen LogP contribution in [0.1, 0.15) is 30.9 Å². The Balaban J connectivity index is 1.52. The van der Waals surface area contributed by atoms with Gasteiger partial charge < -0.3 is 10.2 Å². The van der Waals surface area contributed by atoms with Gasteiger partial charge in [-0.15, -0.1) is 0 Å². The summed E-state index contributed by atoms with van der Waals surface area (Å²) in [7, 11) is 0. The minimum absolute atomic E-state index is 0.0194. The van der Waals surface area contributed by atoms with Crippen LogP contribution in [-0.4, -0.2) is 24.4 Å². The molecule has 4 heteroatoms. The number of hydrogen-bond donors (Lipinski definition) is 1. The minimum atomic E-state index is -0.275. The summed E-state index contributed by atoms with van der Waals surface area (Å²) < 4.78 is 0. The molecule has 136 valence electrons. The van der Waals surface area contributed by atoms with Crippen LogP contribution in [0.15, 0.2) is 54.6 Å². The molecule has 1 N–H and O–H groups in total. The maximum Gasteiger partial charge on any atom is 0.227 e. The first-order valence-corrected chi connectivity index (χ1v) is 9.24. The average Bonchev–Trinajstić information content (AvgIpc) is 3.03. The summed E-state index contributed by atoms with van der Waals surface area (Å²) in [6.07, 6.45) is 2.10. The Hall–Kier alpha value is -2.62. The molecule has 0 saturated carbocycles. The van der Waals surface area contributed by atoms with Gasteiger partial charge in [-0.2, -0.15) is 0 Å². The summed E-state index contributed by atoms with van der Waals surface area (Å²) in [5.41, 5.74) is 3.30. The number of nitrogens with one attached hydrogen (secondary N) is 1. The molecule has 1 aliphatic rings. The zero-order chi connectivity index (χ0) is 18.5. The maximum absolute atomic E-state index is 12.6. The van der Waals surface area contributed by atoms with Gasteiger partial charge in [-0.3, -0.25) is 9.59 Å². The molecule has 1 saturated heterocycles. The van der Waals surface area contributed by atoms with E-state index in [0.717, 1.165) is 24.1 Å². The summed E-state index contributed by atoms with van der Waals surface area (Å²) in [4.78, 5) is 26.6. The molecule has 2 aromatic carbocycles. The number of amides is 2. The molecule has 1 heterocycles. The lowest BCUT2D eigenvalue weighted by atomic mass is 10.0. The normalized spacial score (nSPS) is 18.0. The number of carbonyl (C=O) groups is 2. The van der Waals surface area contributed by atoms with Gasteiger partial charge in [-0.25, -0.2) is 0 Å². The number of benzene rings is 2. The van der Waals surface area contributed by atoms with Gasteiger partial charge in [0.1, 0.15) is 0 Å². The fraction of sp³-hybridized carbons (Fsp3) is 0.364. The maximum atomic E-state index is 12.6. The second-order valence-corrected chi connectivity index (χ2v) is 7.17. The Morgan fingerprint density at radius 2 is 1.85 bits per heavy atom. The molecule has 2 amide bonds. The quantitative estimate of drug-likeness (QED) is 0.867. The zero-order valence-corrected chi connectivity index (χ0v) is 15.4. The van der Waals surface area contributed by atoms with E-state index in [4.69, 9.17) is 0 Å². The summed E-state index contributed by atoms with van der Waals surface area (Å²) in [5, 5.41) is 3.08. The van der Waals surface area contributed by atoms with Gasteiger partial charge in [-0.05, 0) is 44.4 Å². The second-order valence-electron chi connectivity index (χ2n) is 7.17. The number of carbonyl (C=O) groups excluding carboxylic acids is 2. The third-order valence-corrected chi connectivity index (χ3v) is 4.94. The number of hydrogen-bond acceptors (Lipinski definition) is 2. The fourth-order valence-electron chi connectivity index (χ4n) is 3.32. The predicted octanol–water partition coefficient (Wildman–Crippen LogP) is 3.49. The highest BCUT2D eigenvalue weighted by Crippen LogP contribution is 2.25. The van der Waals surface area contributed by atoms with Gasteiger partial charge in [0, 0.05) is 24.7 Å². The molecule has 26 heavy (non-hydrogen) atoms. The molecule has 2 aromatic rings. The minimum Gasteiger partial charge on any atom is -0.353 e. The van der Waals surface area contributed by atoms with Crippen LogP contribution in [-0.2, 0) is 16.0 Å². The highest BCUT2D eigenvalue weighted by molar-refractivity contribution is 6.00. The molecule has 2 atom stereocenters. The fourth-order valence-corrected chi connectivity index (χ4v) is 3.32. The number of anilines is 1. The van der Waals surface area contributed by atoms with Crippen molar-refractivity contribution >= 4 is 17.5 Å². The van der Waals surface area contributed by atoms with Crippen molar-refractivity contribution in [3.05, 3.63) is 65.7 Å². The van der Waals surface area contributed by atoms with Gasteiger partial charge >= 0.3 is 0 Å². The molecule has 0 bridgehead atoms. The van der Waals surface area contributed by atoms with Crippen LogP contribution in [0.25, 0.3) is 0 Å². The Bertz CT molecular complexity index is 755. The first kappa shape index (κ1) is 18.2. The molecule has 4 nitrogen and oxygen atoms in total. The van der Waals surface area contributed by atoms with E-state index in [1.54, 1.807) is 4.90 Å². The Labute approximate surface area is 155 Å². The van der Waals surface area contributed by atoms with Gasteiger partial charge in [0.05, 0.1) is 5.92 Å². The van der Waals surface area contributed by atoms with Crippen molar-refractivity contribution in [2.45, 2.75) is 39.2 Å². The van der Waals surface area contributed by atoms with Crippen molar-refractivity contribution in [2.24, 2.45) is 5.92 Å². The van der Waals surface area contributed by atoms with Crippen molar-refractivity contribution in [2.75, 3.05) is 11.4 Å². The van der Waals surface area contributed by atoms with Crippen molar-refractivity contribution in [3.8, 4) is 0 Å². The van der Waals surface area contributed by atoms with Crippen LogP contribution in [0.3, 0.4) is 0 Å². The van der Waals surface area contributed by atoms with E-state index in [-0.39, 0.29) is 30.2 Å². The van der Waals surface area contributed by atoms with E-state index in [0.29, 0.717) is 6.54 Å². The molecule has 3 rings (SSSR count). The van der Waals surface area contributed by atoms with Crippen molar-refractivity contribution in [1.82, 2.24) is 5.32 Å². The Morgan fingerprint density at radius 1 is 1.15 bits per heavy atom. The Morgan fingerprint density at radius 3 is 2.54 bits per heavy atom. The van der Waals surface area contributed by atoms with E-state index in [9.17, 15) is 9.59 Å². The molecule has 1 fully saturated rings. The van der Waals surface area contributed by atoms with E-state index in [1.165, 1.54) is 5.56 Å². The van der Waals surface area contributed by atoms with Crippen LogP contribution in [0.4, 0.5) is 5.69 Å². The van der Waals surface area contributed by atoms with E-state index >= 15 is 0 Å². The van der Waals surface area contributed by atoms with Gasteiger partial charge in [-0.1, -0.05) is 48.0 Å². The first-order valence-electron chi connectivity index (χ1n) is 9.24. The van der Waals surface area contributed by atoms with Crippen molar-refractivity contribution in [1.29, 1.82) is 0 Å². The SMILES string of the molecule is Cc1ccc(N2C[C@@H](C(=O)N[C@H](C)CCc3ccccc3)CC2=O)cc1. The van der Waals surface area contributed by atoms with Gasteiger partial charge in [0.2, 0.25) is 11.8 Å². The summed E-state index contributed by atoms with van der Waals surface area (Å²) >= 11 is 0. The number of nitrogens with zero attached hydrogens (tertiary/aromatic N) is 1. The molecule has 0 unspecified atom stereocenters. The third-order valence-electron chi connectivity index (χ3n) is 4.94. The van der Waals surface area contributed by atoms with Crippen LogP contribution < -0.4 is 10.2 Å². The largest absolute Gasteiger partial charge is 0.353 e. The molecule has 0 aromatic heterocycles. The lowest BCUT2D eigenvalue weighted by Gasteiger charge is -2.19. The first-order chi connectivity index (χ1) is 12.5. The van der Waals surface area contributed by atoms with E-state index in [2.05, 4.69) is 17.4 Å². The van der Waals surface area contributed by atoms with Crippen LogP contribution in [0, 0.1) is 12.8 Å². The van der Waals surface area contributed by atoms with E-state index < -0.39 is 0 Å². The highest BCUT2D eigenvalue weighted by Gasteiger charge is 2.35. The van der Waals surface area contributed by atoms with Crippen LogP contribution in [0.2, 0.25) is 0 Å². The molecular weight excluding hydrogens is 324 g/mol. The zero-order valence-electron chi connectivity index (χ0n) is 15.4. The summed E-state index contributed by atoms with van der Waals surface area (Å²) in [6.45, 7) is 4.50. The second kappa shape index (κ2) is 8.17. The smallest absolute Gasteiger partial charge is 0.227 e. The summed E-state index contributed by atoms with van der Waals surface area (Å²) in [6, 6.07) is 18.2.